The summed E-state index contributed by atoms with van der Waals surface area (Å²) in [6, 6.07) is 6.34. The number of nitrogens with one attached hydrogen (secondary N) is 1. The molecule has 5 heteroatoms. The first-order chi connectivity index (χ1) is 11.5. The number of thioether (sulfide) groups is 1. The lowest BCUT2D eigenvalue weighted by atomic mass is 10.1. The molecule has 0 heterocycles. The maximum absolute atomic E-state index is 11.9. The maximum atomic E-state index is 11.9. The molecule has 1 aromatic rings. The Balaban J connectivity index is 1.66. The van der Waals surface area contributed by atoms with Crippen molar-refractivity contribution in [3.63, 3.8) is 0 Å². The zero-order valence-electron chi connectivity index (χ0n) is 14.6. The Morgan fingerprint density at radius 1 is 1.12 bits per heavy atom. The van der Waals surface area contributed by atoms with Gasteiger partial charge in [0.05, 0.1) is 5.75 Å². The van der Waals surface area contributed by atoms with Crippen molar-refractivity contribution >= 4 is 23.6 Å². The number of ether oxygens (including phenoxy) is 1. The molecule has 1 fully saturated rings. The van der Waals surface area contributed by atoms with Crippen molar-refractivity contribution in [3.8, 4) is 0 Å². The molecule has 0 spiro atoms. The predicted molar refractivity (Wildman–Crippen MR) is 97.2 cm³/mol. The summed E-state index contributed by atoms with van der Waals surface area (Å²) in [7, 11) is 0. The molecule has 132 valence electrons. The molecule has 0 aromatic heterocycles. The highest BCUT2D eigenvalue weighted by atomic mass is 32.2. The standard InChI is InChI=1S/C19H27NO3S/c1-14-9-10-17(11-15(14)2)24-13-19(22)23-12-18(21)20-16-7-5-3-4-6-8-16/h9-11,16H,3-8,12-13H2,1-2H3,(H,20,21). The van der Waals surface area contributed by atoms with Gasteiger partial charge in [-0.15, -0.1) is 11.8 Å². The van der Waals surface area contributed by atoms with E-state index in [9.17, 15) is 9.59 Å². The molecule has 1 amide bonds. The number of carbonyl (C=O) groups excluding carboxylic acids is 2. The first-order valence-corrected chi connectivity index (χ1v) is 9.68. The summed E-state index contributed by atoms with van der Waals surface area (Å²) in [6.45, 7) is 3.93. The minimum absolute atomic E-state index is 0.178. The maximum Gasteiger partial charge on any atom is 0.316 e. The fraction of sp³-hybridized carbons (Fsp3) is 0.579. The lowest BCUT2D eigenvalue weighted by Gasteiger charge is -2.16. The molecule has 1 aromatic carbocycles. The summed E-state index contributed by atoms with van der Waals surface area (Å²) >= 11 is 1.44. The Kier molecular flexibility index (Phi) is 7.63. The van der Waals surface area contributed by atoms with Gasteiger partial charge in [0, 0.05) is 10.9 Å². The van der Waals surface area contributed by atoms with Crippen LogP contribution in [0.2, 0.25) is 0 Å². The Labute approximate surface area is 148 Å². The van der Waals surface area contributed by atoms with Crippen molar-refractivity contribution in [3.05, 3.63) is 29.3 Å². The van der Waals surface area contributed by atoms with Gasteiger partial charge >= 0.3 is 5.97 Å². The summed E-state index contributed by atoms with van der Waals surface area (Å²) in [4.78, 5) is 24.7. The van der Waals surface area contributed by atoms with Gasteiger partial charge in [-0.3, -0.25) is 9.59 Å². The van der Waals surface area contributed by atoms with Crippen molar-refractivity contribution in [2.24, 2.45) is 0 Å². The number of hydrogen-bond acceptors (Lipinski definition) is 4. The normalized spacial score (nSPS) is 15.6. The number of esters is 1. The van der Waals surface area contributed by atoms with E-state index in [0.717, 1.165) is 30.6 Å². The van der Waals surface area contributed by atoms with Gasteiger partial charge in [-0.1, -0.05) is 31.7 Å². The molecule has 0 unspecified atom stereocenters. The third-order valence-electron chi connectivity index (χ3n) is 4.42. The average molecular weight is 349 g/mol. The minimum atomic E-state index is -0.353. The Morgan fingerprint density at radius 3 is 2.50 bits per heavy atom. The van der Waals surface area contributed by atoms with E-state index in [4.69, 9.17) is 4.74 Å². The lowest BCUT2D eigenvalue weighted by Crippen LogP contribution is -2.37. The van der Waals surface area contributed by atoms with Crippen LogP contribution in [0.3, 0.4) is 0 Å². The van der Waals surface area contributed by atoms with E-state index < -0.39 is 0 Å². The van der Waals surface area contributed by atoms with Crippen LogP contribution >= 0.6 is 11.8 Å². The third-order valence-corrected chi connectivity index (χ3v) is 5.39. The first kappa shape index (κ1) is 18.8. The second-order valence-electron chi connectivity index (χ2n) is 6.45. The van der Waals surface area contributed by atoms with Crippen LogP contribution in [0.5, 0.6) is 0 Å². The van der Waals surface area contributed by atoms with Crippen molar-refractivity contribution in [2.75, 3.05) is 12.4 Å². The van der Waals surface area contributed by atoms with Gasteiger partial charge in [0.15, 0.2) is 6.61 Å². The van der Waals surface area contributed by atoms with Crippen molar-refractivity contribution in [1.82, 2.24) is 5.32 Å². The summed E-state index contributed by atoms with van der Waals surface area (Å²) in [5.41, 5.74) is 2.44. The third kappa shape index (κ3) is 6.56. The SMILES string of the molecule is Cc1ccc(SCC(=O)OCC(=O)NC2CCCCCC2)cc1C. The Morgan fingerprint density at radius 2 is 1.83 bits per heavy atom. The van der Waals surface area contributed by atoms with Gasteiger partial charge in [-0.25, -0.2) is 0 Å². The fourth-order valence-corrected chi connectivity index (χ4v) is 3.62. The largest absolute Gasteiger partial charge is 0.455 e. The lowest BCUT2D eigenvalue weighted by molar-refractivity contribution is -0.146. The molecule has 1 aliphatic rings. The zero-order valence-corrected chi connectivity index (χ0v) is 15.4. The smallest absolute Gasteiger partial charge is 0.316 e. The summed E-state index contributed by atoms with van der Waals surface area (Å²) in [5.74, 6) is -0.320. The van der Waals surface area contributed by atoms with Crippen molar-refractivity contribution < 1.29 is 14.3 Å². The van der Waals surface area contributed by atoms with E-state index in [1.807, 2.05) is 12.1 Å². The molecule has 4 nitrogen and oxygen atoms in total. The van der Waals surface area contributed by atoms with Gasteiger partial charge in [-0.2, -0.15) is 0 Å². The molecule has 1 N–H and O–H groups in total. The van der Waals surface area contributed by atoms with Crippen LogP contribution in [0.4, 0.5) is 0 Å². The molecule has 24 heavy (non-hydrogen) atoms. The van der Waals surface area contributed by atoms with Crippen LogP contribution in [0.1, 0.15) is 49.7 Å². The molecule has 0 radical (unpaired) electrons. The molecule has 0 atom stereocenters. The van der Waals surface area contributed by atoms with Gasteiger partial charge < -0.3 is 10.1 Å². The molecule has 0 bridgehead atoms. The highest BCUT2D eigenvalue weighted by molar-refractivity contribution is 8.00. The molecule has 0 saturated heterocycles. The molecular weight excluding hydrogens is 322 g/mol. The Bertz CT molecular complexity index is 566. The zero-order chi connectivity index (χ0) is 17.4. The van der Waals surface area contributed by atoms with Crippen LogP contribution in [0.25, 0.3) is 0 Å². The number of rotatable bonds is 6. The summed E-state index contributed by atoms with van der Waals surface area (Å²) in [6.07, 6.45) is 6.88. The summed E-state index contributed by atoms with van der Waals surface area (Å²) in [5, 5.41) is 2.98. The van der Waals surface area contributed by atoms with E-state index in [-0.39, 0.29) is 30.3 Å². The van der Waals surface area contributed by atoms with Crippen LogP contribution in [-0.4, -0.2) is 30.3 Å². The van der Waals surface area contributed by atoms with Crippen molar-refractivity contribution in [1.29, 1.82) is 0 Å². The number of carbonyl (C=O) groups is 2. The highest BCUT2D eigenvalue weighted by Gasteiger charge is 2.15. The van der Waals surface area contributed by atoms with E-state index >= 15 is 0 Å². The van der Waals surface area contributed by atoms with Crippen molar-refractivity contribution in [2.45, 2.75) is 63.3 Å². The Hall–Kier alpha value is -1.49. The molecule has 1 saturated carbocycles. The van der Waals surface area contributed by atoms with Crippen LogP contribution in [-0.2, 0) is 14.3 Å². The van der Waals surface area contributed by atoms with E-state index in [1.165, 1.54) is 35.7 Å². The van der Waals surface area contributed by atoms with E-state index in [2.05, 4.69) is 25.2 Å². The van der Waals surface area contributed by atoms with Crippen LogP contribution in [0.15, 0.2) is 23.1 Å². The van der Waals surface area contributed by atoms with E-state index in [1.54, 1.807) is 0 Å². The predicted octanol–water partition coefficient (Wildman–Crippen LogP) is 3.78. The average Bonchev–Trinajstić information content (AvgIpc) is 2.82. The molecule has 0 aliphatic heterocycles. The van der Waals surface area contributed by atoms with Gasteiger partial charge in [0.1, 0.15) is 0 Å². The molecular formula is C19H27NO3S. The number of aryl methyl sites for hydroxylation is 2. The van der Waals surface area contributed by atoms with E-state index in [0.29, 0.717) is 0 Å². The second-order valence-corrected chi connectivity index (χ2v) is 7.50. The minimum Gasteiger partial charge on any atom is -0.455 e. The monoisotopic (exact) mass is 349 g/mol. The number of amides is 1. The van der Waals surface area contributed by atoms with Gasteiger partial charge in [0.2, 0.25) is 0 Å². The van der Waals surface area contributed by atoms with Crippen LogP contribution < -0.4 is 5.32 Å². The van der Waals surface area contributed by atoms with Gasteiger partial charge in [-0.05, 0) is 49.9 Å². The number of hydrogen-bond donors (Lipinski definition) is 1. The molecule has 2 rings (SSSR count). The first-order valence-electron chi connectivity index (χ1n) is 8.69. The van der Waals surface area contributed by atoms with Crippen LogP contribution in [0, 0.1) is 13.8 Å². The summed E-state index contributed by atoms with van der Waals surface area (Å²) < 4.78 is 5.08. The fourth-order valence-electron chi connectivity index (χ4n) is 2.83. The second kappa shape index (κ2) is 9.72. The number of benzene rings is 1. The quantitative estimate of drug-likeness (QED) is 0.482. The van der Waals surface area contributed by atoms with Gasteiger partial charge in [0.25, 0.3) is 5.91 Å². The topological polar surface area (TPSA) is 55.4 Å². The highest BCUT2D eigenvalue weighted by Crippen LogP contribution is 2.21. The molecule has 1 aliphatic carbocycles.